The van der Waals surface area contributed by atoms with E-state index in [4.69, 9.17) is 0 Å². The molecule has 0 saturated heterocycles. The summed E-state index contributed by atoms with van der Waals surface area (Å²) in [5.41, 5.74) is 2.71. The fourth-order valence-electron chi connectivity index (χ4n) is 3.34. The van der Waals surface area contributed by atoms with Crippen LogP contribution in [0.25, 0.3) is 22.3 Å². The van der Waals surface area contributed by atoms with Crippen LogP contribution in [0.15, 0.2) is 31.0 Å². The molecule has 1 saturated carbocycles. The first kappa shape index (κ1) is 14.6. The van der Waals surface area contributed by atoms with Gasteiger partial charge in [0, 0.05) is 0 Å². The van der Waals surface area contributed by atoms with Crippen LogP contribution in [0.1, 0.15) is 29.7 Å². The fraction of sp³-hybridized carbons (Fsp3) is 0.375. The van der Waals surface area contributed by atoms with Crippen molar-refractivity contribution >= 4 is 11.0 Å². The Balaban J connectivity index is 1.70. The second kappa shape index (κ2) is 6.28. The Morgan fingerprint density at radius 1 is 1.35 bits per heavy atom. The Morgan fingerprint density at radius 2 is 2.22 bits per heavy atom. The van der Waals surface area contributed by atoms with E-state index in [-0.39, 0.29) is 4.05 Å². The number of nitrogens with zero attached hydrogens (tertiary/aromatic N) is 5. The zero-order chi connectivity index (χ0) is 15.6. The zero-order valence-corrected chi connectivity index (χ0v) is 14.6. The monoisotopic (exact) mass is 419 g/mol. The molecule has 3 heterocycles. The van der Waals surface area contributed by atoms with E-state index in [1.54, 1.807) is 6.33 Å². The van der Waals surface area contributed by atoms with E-state index in [0.29, 0.717) is 5.92 Å². The molecule has 3 aromatic rings. The molecular formula is C16H16IN6-. The van der Waals surface area contributed by atoms with Crippen molar-refractivity contribution in [1.29, 1.82) is 5.26 Å². The van der Waals surface area contributed by atoms with E-state index in [1.807, 2.05) is 23.1 Å². The van der Waals surface area contributed by atoms with Gasteiger partial charge in [-0.15, -0.1) is 0 Å². The molecule has 3 aromatic heterocycles. The Kier molecular flexibility index (Phi) is 3.99. The fourth-order valence-corrected chi connectivity index (χ4v) is 5.44. The van der Waals surface area contributed by atoms with Crippen LogP contribution in [0.5, 0.6) is 0 Å². The Hall–Kier alpha value is -1.95. The van der Waals surface area contributed by atoms with E-state index in [2.05, 4.69) is 30.3 Å². The SMILES string of the molecule is N#C[I-][C@@H](C1CCCC1)n1cc(-c2ncnc3[nH]ccc23)cn1. The molecule has 1 atom stereocenters. The average Bonchev–Trinajstić information content (AvgIpc) is 3.32. The van der Waals surface area contributed by atoms with Crippen LogP contribution in [0.2, 0.25) is 0 Å². The maximum absolute atomic E-state index is 9.23. The summed E-state index contributed by atoms with van der Waals surface area (Å²) in [7, 11) is 0. The van der Waals surface area contributed by atoms with E-state index in [9.17, 15) is 5.26 Å². The number of hydrogen-bond donors (Lipinski definition) is 1. The number of rotatable bonds is 4. The van der Waals surface area contributed by atoms with Crippen LogP contribution >= 0.6 is 0 Å². The number of H-pyrrole nitrogens is 1. The molecule has 0 aliphatic heterocycles. The summed E-state index contributed by atoms with van der Waals surface area (Å²) < 4.78 is 4.73. The number of halogens is 1. The molecule has 4 rings (SSSR count). The van der Waals surface area contributed by atoms with Gasteiger partial charge in [0.2, 0.25) is 0 Å². The minimum atomic E-state index is -0.545. The van der Waals surface area contributed by atoms with Gasteiger partial charge in [-0.1, -0.05) is 0 Å². The summed E-state index contributed by atoms with van der Waals surface area (Å²) >= 11 is -0.545. The third kappa shape index (κ3) is 2.72. The molecule has 1 aliphatic rings. The number of nitriles is 1. The van der Waals surface area contributed by atoms with Gasteiger partial charge in [-0.3, -0.25) is 0 Å². The van der Waals surface area contributed by atoms with Gasteiger partial charge in [0.05, 0.1) is 0 Å². The molecule has 118 valence electrons. The third-order valence-corrected chi connectivity index (χ3v) is 6.94. The molecule has 0 radical (unpaired) electrons. The molecule has 1 aliphatic carbocycles. The number of hydrogen-bond acceptors (Lipinski definition) is 4. The van der Waals surface area contributed by atoms with Crippen molar-refractivity contribution < 1.29 is 21.2 Å². The second-order valence-electron chi connectivity index (χ2n) is 5.78. The molecule has 0 aromatic carbocycles. The summed E-state index contributed by atoms with van der Waals surface area (Å²) in [6, 6.07) is 1.98. The normalized spacial score (nSPS) is 16.8. The van der Waals surface area contributed by atoms with Crippen LogP contribution in [-0.2, 0) is 0 Å². The van der Waals surface area contributed by atoms with Gasteiger partial charge in [0.1, 0.15) is 0 Å². The average molecular weight is 419 g/mol. The van der Waals surface area contributed by atoms with Crippen LogP contribution < -0.4 is 21.2 Å². The van der Waals surface area contributed by atoms with Gasteiger partial charge >= 0.3 is 144 Å². The predicted octanol–water partition coefficient (Wildman–Crippen LogP) is 0.0803. The first-order valence-electron chi connectivity index (χ1n) is 7.71. The molecule has 1 N–H and O–H groups in total. The van der Waals surface area contributed by atoms with E-state index in [0.717, 1.165) is 22.3 Å². The van der Waals surface area contributed by atoms with Gasteiger partial charge in [-0.05, 0) is 0 Å². The van der Waals surface area contributed by atoms with Crippen molar-refractivity contribution in [3.8, 4) is 15.3 Å². The topological polar surface area (TPSA) is 83.2 Å². The minimum absolute atomic E-state index is 0.276. The summed E-state index contributed by atoms with van der Waals surface area (Å²) in [6.45, 7) is 0. The summed E-state index contributed by atoms with van der Waals surface area (Å²) in [5.74, 6) is 0.605. The first-order valence-corrected chi connectivity index (χ1v) is 10.0. The van der Waals surface area contributed by atoms with Crippen LogP contribution in [0.3, 0.4) is 0 Å². The summed E-state index contributed by atoms with van der Waals surface area (Å²) in [5, 5.41) is 14.8. The molecule has 7 heteroatoms. The van der Waals surface area contributed by atoms with Crippen molar-refractivity contribution in [2.45, 2.75) is 29.7 Å². The second-order valence-corrected chi connectivity index (χ2v) is 8.16. The van der Waals surface area contributed by atoms with Crippen LogP contribution in [0, 0.1) is 15.3 Å². The molecule has 1 fully saturated rings. The van der Waals surface area contributed by atoms with Gasteiger partial charge in [-0.2, -0.15) is 0 Å². The van der Waals surface area contributed by atoms with Gasteiger partial charge in [-0.25, -0.2) is 0 Å². The number of nitrogens with one attached hydrogen (secondary N) is 1. The Morgan fingerprint density at radius 3 is 3.04 bits per heavy atom. The molecule has 0 spiro atoms. The quantitative estimate of drug-likeness (QED) is 0.480. The molecular weight excluding hydrogens is 403 g/mol. The first-order chi connectivity index (χ1) is 11.4. The van der Waals surface area contributed by atoms with Crippen molar-refractivity contribution in [3.05, 3.63) is 31.0 Å². The number of aromatic amines is 1. The molecule has 0 bridgehead atoms. The van der Waals surface area contributed by atoms with Crippen molar-refractivity contribution in [1.82, 2.24) is 24.7 Å². The van der Waals surface area contributed by atoms with Crippen molar-refractivity contribution in [2.24, 2.45) is 5.92 Å². The molecule has 23 heavy (non-hydrogen) atoms. The molecule has 0 amide bonds. The standard InChI is InChI=1S/C16H16IN6/c18-9-17-15(11-3-1-2-4-11)23-8-12(7-22-23)14-13-5-6-19-16(13)21-10-20-14/h5-8,10-11,15H,1-4H2,(H,19,20,21)/q-1/t15-/m1/s1. The van der Waals surface area contributed by atoms with Crippen LogP contribution in [0.4, 0.5) is 0 Å². The van der Waals surface area contributed by atoms with E-state index < -0.39 is 21.2 Å². The third-order valence-electron chi connectivity index (χ3n) is 4.43. The molecule has 6 nitrogen and oxygen atoms in total. The Bertz CT molecular complexity index is 855. The number of alkyl halides is 1. The maximum atomic E-state index is 9.23. The number of fused-ring (bicyclic) bond motifs is 1. The van der Waals surface area contributed by atoms with Crippen molar-refractivity contribution in [3.63, 3.8) is 0 Å². The predicted molar refractivity (Wildman–Crippen MR) is 81.7 cm³/mol. The van der Waals surface area contributed by atoms with E-state index in [1.165, 1.54) is 25.7 Å². The Labute approximate surface area is 144 Å². The van der Waals surface area contributed by atoms with Crippen LogP contribution in [-0.4, -0.2) is 24.7 Å². The summed E-state index contributed by atoms with van der Waals surface area (Å²) in [4.78, 5) is 11.8. The number of aromatic nitrogens is 5. The van der Waals surface area contributed by atoms with Gasteiger partial charge < -0.3 is 0 Å². The zero-order valence-electron chi connectivity index (χ0n) is 12.5. The van der Waals surface area contributed by atoms with E-state index >= 15 is 0 Å². The summed E-state index contributed by atoms with van der Waals surface area (Å²) in [6.07, 6.45) is 12.3. The van der Waals surface area contributed by atoms with Gasteiger partial charge in [0.15, 0.2) is 0 Å². The molecule has 0 unspecified atom stereocenters. The van der Waals surface area contributed by atoms with Gasteiger partial charge in [0.25, 0.3) is 0 Å². The van der Waals surface area contributed by atoms with Crippen molar-refractivity contribution in [2.75, 3.05) is 0 Å².